The van der Waals surface area contributed by atoms with Crippen molar-refractivity contribution < 1.29 is 14.3 Å². The van der Waals surface area contributed by atoms with E-state index in [1.165, 1.54) is 12.8 Å². The van der Waals surface area contributed by atoms with Crippen LogP contribution in [0.25, 0.3) is 0 Å². The molecular weight excluding hydrogens is 352 g/mol. The lowest BCUT2D eigenvalue weighted by Gasteiger charge is -2.30. The minimum atomic E-state index is -0.128. The molecule has 0 aliphatic heterocycles. The predicted octanol–water partition coefficient (Wildman–Crippen LogP) is 3.52. The molecule has 28 heavy (non-hydrogen) atoms. The van der Waals surface area contributed by atoms with Crippen LogP contribution in [0.5, 0.6) is 0 Å². The third-order valence-corrected chi connectivity index (χ3v) is 4.69. The number of rotatable bonds is 12. The SMILES string of the molecule is CC(C)NCC(C)(C)COCC(C)(C)CNC(=O)COC1C#CCCCCC1. The Labute approximate surface area is 172 Å². The van der Waals surface area contributed by atoms with Crippen molar-refractivity contribution in [1.29, 1.82) is 0 Å². The molecule has 1 aliphatic rings. The molecule has 5 heteroatoms. The fourth-order valence-corrected chi connectivity index (χ4v) is 2.85. The van der Waals surface area contributed by atoms with Gasteiger partial charge in [-0.15, -0.1) is 5.92 Å². The first-order valence-corrected chi connectivity index (χ1v) is 10.8. The topological polar surface area (TPSA) is 59.6 Å². The molecule has 0 saturated carbocycles. The Hall–Kier alpha value is -1.09. The summed E-state index contributed by atoms with van der Waals surface area (Å²) in [4.78, 5) is 12.1. The Morgan fingerprint density at radius 3 is 2.43 bits per heavy atom. The minimum absolute atomic E-state index is 0.0736. The Balaban J connectivity index is 2.25. The molecule has 1 atom stereocenters. The summed E-state index contributed by atoms with van der Waals surface area (Å²) in [5, 5.41) is 6.44. The van der Waals surface area contributed by atoms with E-state index in [4.69, 9.17) is 9.47 Å². The number of hydrogen-bond donors (Lipinski definition) is 2. The maximum atomic E-state index is 12.1. The Kier molecular flexibility index (Phi) is 11.1. The zero-order chi connectivity index (χ0) is 21.0. The van der Waals surface area contributed by atoms with Crippen molar-refractivity contribution in [1.82, 2.24) is 10.6 Å². The van der Waals surface area contributed by atoms with Gasteiger partial charge in [-0.05, 0) is 19.3 Å². The van der Waals surface area contributed by atoms with Crippen molar-refractivity contribution in [3.63, 3.8) is 0 Å². The fraction of sp³-hybridized carbons (Fsp3) is 0.870. The summed E-state index contributed by atoms with van der Waals surface area (Å²) in [6.45, 7) is 15.8. The predicted molar refractivity (Wildman–Crippen MR) is 115 cm³/mol. The van der Waals surface area contributed by atoms with Gasteiger partial charge < -0.3 is 20.1 Å². The van der Waals surface area contributed by atoms with Crippen LogP contribution >= 0.6 is 0 Å². The van der Waals surface area contributed by atoms with E-state index in [9.17, 15) is 4.79 Å². The van der Waals surface area contributed by atoms with Gasteiger partial charge in [0.25, 0.3) is 0 Å². The van der Waals surface area contributed by atoms with Crippen molar-refractivity contribution in [2.45, 2.75) is 85.8 Å². The Morgan fingerprint density at radius 1 is 1.07 bits per heavy atom. The summed E-state index contributed by atoms with van der Waals surface area (Å²) in [5.41, 5.74) is -0.0483. The third kappa shape index (κ3) is 12.4. The molecule has 0 aromatic rings. The van der Waals surface area contributed by atoms with E-state index >= 15 is 0 Å². The van der Waals surface area contributed by atoms with Crippen LogP contribution < -0.4 is 10.6 Å². The van der Waals surface area contributed by atoms with E-state index in [2.05, 4.69) is 64.0 Å². The normalized spacial score (nSPS) is 18.2. The molecule has 0 fully saturated rings. The molecule has 1 rings (SSSR count). The van der Waals surface area contributed by atoms with E-state index in [-0.39, 0.29) is 29.4 Å². The van der Waals surface area contributed by atoms with Crippen LogP contribution in [0, 0.1) is 22.7 Å². The van der Waals surface area contributed by atoms with Crippen molar-refractivity contribution >= 4 is 5.91 Å². The third-order valence-electron chi connectivity index (χ3n) is 4.69. The smallest absolute Gasteiger partial charge is 0.246 e. The van der Waals surface area contributed by atoms with E-state index in [0.717, 1.165) is 25.8 Å². The fourth-order valence-electron chi connectivity index (χ4n) is 2.85. The van der Waals surface area contributed by atoms with Crippen molar-refractivity contribution in [2.24, 2.45) is 10.8 Å². The number of amides is 1. The van der Waals surface area contributed by atoms with Gasteiger partial charge in [-0.25, -0.2) is 0 Å². The molecule has 0 heterocycles. The molecule has 0 aromatic heterocycles. The van der Waals surface area contributed by atoms with Gasteiger partial charge in [-0.1, -0.05) is 53.9 Å². The molecule has 2 N–H and O–H groups in total. The standard InChI is InChI=1S/C23H42N2O3/c1-19(2)24-15-22(3,4)17-27-18-23(5,6)16-25-21(26)14-28-20-12-10-8-7-9-11-13-20/h19-20,24H,7-10,12,14-18H2,1-6H3,(H,25,26). The van der Waals surface area contributed by atoms with Crippen LogP contribution in [-0.4, -0.2) is 51.0 Å². The summed E-state index contributed by atoms with van der Waals surface area (Å²) in [7, 11) is 0. The second-order valence-corrected chi connectivity index (χ2v) is 9.85. The number of hydrogen-bond acceptors (Lipinski definition) is 4. The number of carbonyl (C=O) groups excluding carboxylic acids is 1. The molecule has 1 aliphatic carbocycles. The van der Waals surface area contributed by atoms with Crippen LogP contribution in [0.2, 0.25) is 0 Å². The van der Waals surface area contributed by atoms with Gasteiger partial charge in [0.2, 0.25) is 5.91 Å². The first-order chi connectivity index (χ1) is 13.1. The van der Waals surface area contributed by atoms with Crippen LogP contribution in [0.4, 0.5) is 0 Å². The highest BCUT2D eigenvalue weighted by atomic mass is 16.5. The van der Waals surface area contributed by atoms with Crippen LogP contribution in [0.1, 0.15) is 73.6 Å². The summed E-state index contributed by atoms with van der Waals surface area (Å²) in [6, 6.07) is 0.474. The van der Waals surface area contributed by atoms with E-state index in [1.54, 1.807) is 0 Å². The zero-order valence-electron chi connectivity index (χ0n) is 19.0. The Morgan fingerprint density at radius 2 is 1.75 bits per heavy atom. The van der Waals surface area contributed by atoms with Gasteiger partial charge in [-0.3, -0.25) is 4.79 Å². The average molecular weight is 395 g/mol. The van der Waals surface area contributed by atoms with Gasteiger partial charge in [0.05, 0.1) is 13.2 Å². The lowest BCUT2D eigenvalue weighted by Crippen LogP contribution is -2.40. The number of ether oxygens (including phenoxy) is 2. The van der Waals surface area contributed by atoms with E-state index < -0.39 is 0 Å². The first kappa shape index (κ1) is 24.9. The largest absolute Gasteiger partial charge is 0.380 e. The molecule has 0 bridgehead atoms. The van der Waals surface area contributed by atoms with Crippen molar-refractivity contribution in [2.75, 3.05) is 32.9 Å². The van der Waals surface area contributed by atoms with Crippen LogP contribution in [0.15, 0.2) is 0 Å². The van der Waals surface area contributed by atoms with E-state index in [1.807, 2.05) is 0 Å². The number of carbonyl (C=O) groups is 1. The molecule has 162 valence electrons. The second kappa shape index (κ2) is 12.5. The molecule has 0 aromatic carbocycles. The lowest BCUT2D eigenvalue weighted by molar-refractivity contribution is -0.127. The second-order valence-electron chi connectivity index (χ2n) is 9.85. The van der Waals surface area contributed by atoms with Gasteiger partial charge >= 0.3 is 0 Å². The van der Waals surface area contributed by atoms with Crippen LogP contribution in [0.3, 0.4) is 0 Å². The summed E-state index contributed by atoms with van der Waals surface area (Å²) in [5.74, 6) is 6.19. The van der Waals surface area contributed by atoms with Crippen LogP contribution in [-0.2, 0) is 14.3 Å². The quantitative estimate of drug-likeness (QED) is 0.497. The monoisotopic (exact) mass is 394 g/mol. The lowest BCUT2D eigenvalue weighted by atomic mass is 9.93. The maximum Gasteiger partial charge on any atom is 0.246 e. The van der Waals surface area contributed by atoms with Crippen molar-refractivity contribution in [3.05, 3.63) is 0 Å². The molecule has 1 unspecified atom stereocenters. The highest BCUT2D eigenvalue weighted by Crippen LogP contribution is 2.19. The van der Waals surface area contributed by atoms with Gasteiger partial charge in [0.1, 0.15) is 12.7 Å². The molecular formula is C23H42N2O3. The summed E-state index contributed by atoms with van der Waals surface area (Å²) in [6.07, 6.45) is 5.23. The summed E-state index contributed by atoms with van der Waals surface area (Å²) >= 11 is 0. The molecule has 1 amide bonds. The van der Waals surface area contributed by atoms with Gasteiger partial charge in [0, 0.05) is 36.4 Å². The van der Waals surface area contributed by atoms with E-state index in [0.29, 0.717) is 25.8 Å². The maximum absolute atomic E-state index is 12.1. The minimum Gasteiger partial charge on any atom is -0.380 e. The van der Waals surface area contributed by atoms with Gasteiger partial charge in [-0.2, -0.15) is 0 Å². The average Bonchev–Trinajstić information content (AvgIpc) is 2.57. The molecule has 5 nitrogen and oxygen atoms in total. The van der Waals surface area contributed by atoms with Crippen molar-refractivity contribution in [3.8, 4) is 11.8 Å². The highest BCUT2D eigenvalue weighted by molar-refractivity contribution is 5.77. The molecule has 0 saturated heterocycles. The number of nitrogens with one attached hydrogen (secondary N) is 2. The summed E-state index contributed by atoms with van der Waals surface area (Å²) < 4.78 is 11.7. The Bertz CT molecular complexity index is 518. The highest BCUT2D eigenvalue weighted by Gasteiger charge is 2.23. The molecule has 0 spiro atoms. The first-order valence-electron chi connectivity index (χ1n) is 10.8. The zero-order valence-corrected chi connectivity index (χ0v) is 19.0. The van der Waals surface area contributed by atoms with Gasteiger partial charge in [0.15, 0.2) is 0 Å². The molecule has 0 radical (unpaired) electrons.